The van der Waals surface area contributed by atoms with Crippen LogP contribution in [0.25, 0.3) is 11.6 Å². The van der Waals surface area contributed by atoms with Gasteiger partial charge in [0.05, 0.1) is 11.6 Å². The molecule has 1 aliphatic rings. The predicted octanol–water partition coefficient (Wildman–Crippen LogP) is 6.63. The van der Waals surface area contributed by atoms with E-state index in [2.05, 4.69) is 72.8 Å². The summed E-state index contributed by atoms with van der Waals surface area (Å²) in [4.78, 5) is 2.50. The Hall–Kier alpha value is -2.05. The van der Waals surface area contributed by atoms with E-state index in [9.17, 15) is 5.26 Å². The van der Waals surface area contributed by atoms with Crippen LogP contribution in [0.4, 0.5) is 5.69 Å². The number of fused-ring (bicyclic) bond motifs is 1. The van der Waals surface area contributed by atoms with E-state index in [0.717, 1.165) is 28.6 Å². The molecule has 3 rings (SSSR count). The quantitative estimate of drug-likeness (QED) is 0.421. The first kappa shape index (κ1) is 18.7. The van der Waals surface area contributed by atoms with Gasteiger partial charge in [-0.25, -0.2) is 0 Å². The van der Waals surface area contributed by atoms with Gasteiger partial charge in [-0.3, -0.25) is 0 Å². The topological polar surface area (TPSA) is 27.0 Å². The summed E-state index contributed by atoms with van der Waals surface area (Å²) in [5.74, 6) is 0.507. The van der Waals surface area contributed by atoms with Gasteiger partial charge in [0.15, 0.2) is 0 Å². The molecule has 0 aromatic heterocycles. The second kappa shape index (κ2) is 7.29. The van der Waals surface area contributed by atoms with Crippen molar-refractivity contribution in [1.82, 2.24) is 0 Å². The molecule has 1 aliphatic heterocycles. The van der Waals surface area contributed by atoms with Gasteiger partial charge < -0.3 is 4.90 Å². The van der Waals surface area contributed by atoms with Gasteiger partial charge in [-0.05, 0) is 80.1 Å². The number of hydrogen-bond acceptors (Lipinski definition) is 2. The summed E-state index contributed by atoms with van der Waals surface area (Å²) in [6.45, 7) is 10.2. The van der Waals surface area contributed by atoms with Crippen molar-refractivity contribution in [2.45, 2.75) is 45.6 Å². The van der Waals surface area contributed by atoms with Gasteiger partial charge >= 0.3 is 0 Å². The molecule has 0 fully saturated rings. The molecule has 1 atom stereocenters. The highest BCUT2D eigenvalue weighted by molar-refractivity contribution is 9.10. The third-order valence-electron chi connectivity index (χ3n) is 5.29. The molecule has 3 heteroatoms. The summed E-state index contributed by atoms with van der Waals surface area (Å²) < 4.78 is 0.982. The van der Waals surface area contributed by atoms with Crippen LogP contribution < -0.4 is 4.90 Å². The van der Waals surface area contributed by atoms with Crippen LogP contribution in [-0.2, 0) is 0 Å². The molecule has 2 nitrogen and oxygen atoms in total. The Morgan fingerprint density at radius 3 is 2.73 bits per heavy atom. The first-order valence-corrected chi connectivity index (χ1v) is 9.94. The minimum atomic E-state index is 0.173. The zero-order valence-corrected chi connectivity index (χ0v) is 17.5. The third kappa shape index (κ3) is 3.57. The summed E-state index contributed by atoms with van der Waals surface area (Å²) in [7, 11) is 0. The monoisotopic (exact) mass is 408 g/mol. The standard InChI is InChI=1S/C23H25BrN2/c1-5-26-22-10-9-17(12-21(22)16(2)14-23(26,3)4)11-19(15-25)18-7-6-8-20(24)13-18/h6-13,16H,5,14H2,1-4H3/b19-11-/t16-/m1/s1. The molecule has 0 bridgehead atoms. The summed E-state index contributed by atoms with van der Waals surface area (Å²) in [6, 6.07) is 16.8. The van der Waals surface area contributed by atoms with E-state index in [-0.39, 0.29) is 5.54 Å². The van der Waals surface area contributed by atoms with Crippen molar-refractivity contribution in [3.8, 4) is 6.07 Å². The lowest BCUT2D eigenvalue weighted by Gasteiger charge is -2.47. The second-order valence-corrected chi connectivity index (χ2v) is 8.58. The highest BCUT2D eigenvalue weighted by Crippen LogP contribution is 2.43. The van der Waals surface area contributed by atoms with E-state index in [1.54, 1.807) is 0 Å². The van der Waals surface area contributed by atoms with Gasteiger partial charge in [0.1, 0.15) is 0 Å². The number of nitrogens with zero attached hydrogens (tertiary/aromatic N) is 2. The summed E-state index contributed by atoms with van der Waals surface area (Å²) in [5, 5.41) is 9.63. The van der Waals surface area contributed by atoms with Crippen LogP contribution in [0, 0.1) is 11.3 Å². The van der Waals surface area contributed by atoms with Gasteiger partial charge in [-0.15, -0.1) is 0 Å². The van der Waals surface area contributed by atoms with Crippen LogP contribution >= 0.6 is 15.9 Å². The maximum Gasteiger partial charge on any atom is 0.0998 e. The van der Waals surface area contributed by atoms with Crippen molar-refractivity contribution in [3.63, 3.8) is 0 Å². The number of halogens is 1. The Morgan fingerprint density at radius 1 is 1.31 bits per heavy atom. The molecule has 0 amide bonds. The van der Waals surface area contributed by atoms with Crippen molar-refractivity contribution in [2.75, 3.05) is 11.4 Å². The lowest BCUT2D eigenvalue weighted by atomic mass is 9.79. The van der Waals surface area contributed by atoms with Gasteiger partial charge in [0.25, 0.3) is 0 Å². The van der Waals surface area contributed by atoms with Crippen molar-refractivity contribution in [2.24, 2.45) is 0 Å². The van der Waals surface area contributed by atoms with Gasteiger partial charge in [-0.2, -0.15) is 5.26 Å². The van der Waals surface area contributed by atoms with E-state index >= 15 is 0 Å². The molecular formula is C23H25BrN2. The third-order valence-corrected chi connectivity index (χ3v) is 5.79. The molecule has 0 unspecified atom stereocenters. The zero-order valence-electron chi connectivity index (χ0n) is 15.9. The van der Waals surface area contributed by atoms with Crippen molar-refractivity contribution >= 4 is 33.3 Å². The van der Waals surface area contributed by atoms with Crippen LogP contribution in [0.2, 0.25) is 0 Å². The first-order chi connectivity index (χ1) is 12.4. The average Bonchev–Trinajstić information content (AvgIpc) is 2.59. The Labute approximate surface area is 165 Å². The van der Waals surface area contributed by atoms with Crippen molar-refractivity contribution in [1.29, 1.82) is 5.26 Å². The molecule has 134 valence electrons. The fourth-order valence-electron chi connectivity index (χ4n) is 4.20. The van der Waals surface area contributed by atoms with Gasteiger partial charge in [0, 0.05) is 22.2 Å². The fraction of sp³-hybridized carbons (Fsp3) is 0.348. The minimum absolute atomic E-state index is 0.173. The van der Waals surface area contributed by atoms with E-state index < -0.39 is 0 Å². The maximum atomic E-state index is 9.63. The van der Waals surface area contributed by atoms with Crippen LogP contribution in [0.3, 0.4) is 0 Å². The fourth-order valence-corrected chi connectivity index (χ4v) is 4.60. The zero-order chi connectivity index (χ0) is 18.9. The largest absolute Gasteiger partial charge is 0.366 e. The number of allylic oxidation sites excluding steroid dienone is 1. The normalized spacial score (nSPS) is 19.0. The summed E-state index contributed by atoms with van der Waals surface area (Å²) >= 11 is 3.49. The number of nitriles is 1. The number of rotatable bonds is 3. The Balaban J connectivity index is 2.04. The molecule has 26 heavy (non-hydrogen) atoms. The van der Waals surface area contributed by atoms with Gasteiger partial charge in [0.2, 0.25) is 0 Å². The lowest BCUT2D eigenvalue weighted by Crippen LogP contribution is -2.48. The minimum Gasteiger partial charge on any atom is -0.366 e. The van der Waals surface area contributed by atoms with E-state index in [4.69, 9.17) is 0 Å². The molecule has 0 aliphatic carbocycles. The second-order valence-electron chi connectivity index (χ2n) is 7.66. The molecular weight excluding hydrogens is 384 g/mol. The number of benzene rings is 2. The molecule has 1 heterocycles. The Kier molecular flexibility index (Phi) is 5.25. The molecule has 0 N–H and O–H groups in total. The van der Waals surface area contributed by atoms with Crippen molar-refractivity contribution < 1.29 is 0 Å². The SMILES string of the molecule is CCN1c2ccc(/C=C(/C#N)c3cccc(Br)c3)cc2[C@H](C)CC1(C)C. The van der Waals surface area contributed by atoms with E-state index in [0.29, 0.717) is 11.5 Å². The molecule has 2 aromatic rings. The van der Waals surface area contributed by atoms with Crippen LogP contribution in [0.5, 0.6) is 0 Å². The molecule has 0 spiro atoms. The first-order valence-electron chi connectivity index (χ1n) is 9.15. The number of hydrogen-bond donors (Lipinski definition) is 0. The van der Waals surface area contributed by atoms with Gasteiger partial charge in [-0.1, -0.05) is 41.1 Å². The summed E-state index contributed by atoms with van der Waals surface area (Å²) in [6.07, 6.45) is 3.13. The molecule has 0 saturated heterocycles. The molecule has 0 saturated carbocycles. The Morgan fingerprint density at radius 2 is 2.08 bits per heavy atom. The summed E-state index contributed by atoms with van der Waals surface area (Å²) in [5.41, 5.74) is 5.59. The van der Waals surface area contributed by atoms with Crippen LogP contribution in [0.15, 0.2) is 46.9 Å². The highest BCUT2D eigenvalue weighted by atomic mass is 79.9. The van der Waals surface area contributed by atoms with Crippen molar-refractivity contribution in [3.05, 3.63) is 63.6 Å². The van der Waals surface area contributed by atoms with Crippen LogP contribution in [0.1, 0.15) is 56.7 Å². The predicted molar refractivity (Wildman–Crippen MR) is 114 cm³/mol. The Bertz CT molecular complexity index is 889. The smallest absolute Gasteiger partial charge is 0.0998 e. The average molecular weight is 409 g/mol. The molecule has 2 aromatic carbocycles. The van der Waals surface area contributed by atoms with E-state index in [1.165, 1.54) is 11.3 Å². The van der Waals surface area contributed by atoms with E-state index in [1.807, 2.05) is 30.3 Å². The molecule has 0 radical (unpaired) electrons. The van der Waals surface area contributed by atoms with Crippen LogP contribution in [-0.4, -0.2) is 12.1 Å². The number of anilines is 1. The maximum absolute atomic E-state index is 9.63. The lowest BCUT2D eigenvalue weighted by molar-refractivity contribution is 0.381. The highest BCUT2D eigenvalue weighted by Gasteiger charge is 2.35.